The van der Waals surface area contributed by atoms with Crippen LogP contribution >= 0.6 is 12.4 Å². The van der Waals surface area contributed by atoms with Crippen LogP contribution < -0.4 is 14.8 Å². The van der Waals surface area contributed by atoms with Crippen molar-refractivity contribution in [2.24, 2.45) is 5.92 Å². The minimum absolute atomic E-state index is 0. The monoisotopic (exact) mass is 297 g/mol. The van der Waals surface area contributed by atoms with Crippen LogP contribution in [0.3, 0.4) is 0 Å². The zero-order valence-electron chi connectivity index (χ0n) is 12.4. The van der Waals surface area contributed by atoms with Crippen molar-refractivity contribution >= 4 is 12.4 Å². The number of nitrogens with one attached hydrogen (secondary N) is 1. The molecule has 0 fully saturated rings. The normalized spacial score (nSPS) is 9.75. The van der Waals surface area contributed by atoms with Gasteiger partial charge in [0.25, 0.3) is 0 Å². The van der Waals surface area contributed by atoms with Gasteiger partial charge < -0.3 is 14.8 Å². The molecule has 3 nitrogen and oxygen atoms in total. The molecule has 0 bridgehead atoms. The number of ether oxygens (including phenoxy) is 2. The van der Waals surface area contributed by atoms with Crippen molar-refractivity contribution in [1.29, 1.82) is 0 Å². The van der Waals surface area contributed by atoms with E-state index >= 15 is 0 Å². The number of hydrogen-bond donors (Lipinski definition) is 1. The van der Waals surface area contributed by atoms with Gasteiger partial charge in [0.05, 0.1) is 6.61 Å². The molecule has 0 atom stereocenters. The summed E-state index contributed by atoms with van der Waals surface area (Å²) in [5.41, 5.74) is 1.07. The first-order valence-corrected chi connectivity index (χ1v) is 6.70. The molecule has 1 N–H and O–H groups in total. The summed E-state index contributed by atoms with van der Waals surface area (Å²) in [5.74, 6) is 4.60. The largest absolute Gasteiger partial charge is 0.490 e. The Morgan fingerprint density at radius 3 is 2.65 bits per heavy atom. The van der Waals surface area contributed by atoms with Gasteiger partial charge in [0.15, 0.2) is 11.5 Å². The maximum Gasteiger partial charge on any atom is 0.167 e. The molecule has 0 aliphatic carbocycles. The number of benzene rings is 1. The quantitative estimate of drug-likeness (QED) is 0.747. The zero-order chi connectivity index (χ0) is 14.1. The summed E-state index contributed by atoms with van der Waals surface area (Å²) < 4.78 is 11.2. The average molecular weight is 298 g/mol. The van der Waals surface area contributed by atoms with Crippen LogP contribution in [0.1, 0.15) is 26.3 Å². The molecule has 0 aliphatic rings. The molecule has 0 aromatic heterocycles. The Bertz CT molecular complexity index is 427. The molecule has 0 saturated carbocycles. The van der Waals surface area contributed by atoms with Crippen LogP contribution in [0.25, 0.3) is 0 Å². The molecule has 1 rings (SSSR count). The second kappa shape index (κ2) is 10.4. The van der Waals surface area contributed by atoms with Crippen LogP contribution in [0.4, 0.5) is 0 Å². The summed E-state index contributed by atoms with van der Waals surface area (Å²) in [7, 11) is 0. The minimum atomic E-state index is 0. The molecule has 20 heavy (non-hydrogen) atoms. The molecular formula is C16H24ClNO2. The van der Waals surface area contributed by atoms with Gasteiger partial charge in [0, 0.05) is 12.1 Å². The third kappa shape index (κ3) is 6.18. The van der Waals surface area contributed by atoms with Crippen molar-refractivity contribution in [2.45, 2.75) is 27.3 Å². The van der Waals surface area contributed by atoms with E-state index in [0.29, 0.717) is 12.5 Å². The highest BCUT2D eigenvalue weighted by Gasteiger charge is 2.10. The van der Waals surface area contributed by atoms with Crippen LogP contribution in [0.2, 0.25) is 0 Å². The number of terminal acetylenes is 1. The molecule has 0 amide bonds. The fourth-order valence-corrected chi connectivity index (χ4v) is 1.74. The standard InChI is InChI=1S/C16H23NO2.ClH/c1-5-10-19-16-14(12-17-11-13(3)4)8-7-9-15(16)18-6-2;/h1,7-9,13,17H,6,10-12H2,2-4H3;1H. The van der Waals surface area contributed by atoms with Crippen LogP contribution in [-0.2, 0) is 6.54 Å². The second-order valence-corrected chi connectivity index (χ2v) is 4.69. The second-order valence-electron chi connectivity index (χ2n) is 4.69. The Balaban J connectivity index is 0.00000361. The van der Waals surface area contributed by atoms with E-state index in [1.165, 1.54) is 0 Å². The summed E-state index contributed by atoms with van der Waals surface area (Å²) >= 11 is 0. The SMILES string of the molecule is C#CCOc1c(CNCC(C)C)cccc1OCC.Cl. The van der Waals surface area contributed by atoms with Crippen LogP contribution in [0, 0.1) is 18.3 Å². The maximum atomic E-state index is 5.63. The van der Waals surface area contributed by atoms with Gasteiger partial charge in [-0.3, -0.25) is 0 Å². The van der Waals surface area contributed by atoms with Gasteiger partial charge in [0.1, 0.15) is 6.61 Å². The van der Waals surface area contributed by atoms with Crippen LogP contribution in [0.5, 0.6) is 11.5 Å². The lowest BCUT2D eigenvalue weighted by atomic mass is 10.1. The van der Waals surface area contributed by atoms with Crippen molar-refractivity contribution in [3.63, 3.8) is 0 Å². The van der Waals surface area contributed by atoms with E-state index in [2.05, 4.69) is 25.1 Å². The Labute approximate surface area is 128 Å². The van der Waals surface area contributed by atoms with Crippen LogP contribution in [-0.4, -0.2) is 19.8 Å². The summed E-state index contributed by atoms with van der Waals surface area (Å²) in [5, 5.41) is 3.40. The molecule has 112 valence electrons. The van der Waals surface area contributed by atoms with Crippen molar-refractivity contribution in [1.82, 2.24) is 5.32 Å². The maximum absolute atomic E-state index is 5.63. The van der Waals surface area contributed by atoms with E-state index in [9.17, 15) is 0 Å². The minimum Gasteiger partial charge on any atom is -0.490 e. The van der Waals surface area contributed by atoms with E-state index in [4.69, 9.17) is 15.9 Å². The average Bonchev–Trinajstić information content (AvgIpc) is 2.38. The first-order chi connectivity index (χ1) is 9.19. The fraction of sp³-hybridized carbons (Fsp3) is 0.500. The van der Waals surface area contributed by atoms with E-state index in [1.807, 2.05) is 25.1 Å². The molecular weight excluding hydrogens is 274 g/mol. The topological polar surface area (TPSA) is 30.5 Å². The number of para-hydroxylation sites is 1. The van der Waals surface area contributed by atoms with Gasteiger partial charge in [-0.15, -0.1) is 18.8 Å². The molecule has 0 spiro atoms. The molecule has 0 unspecified atom stereocenters. The first kappa shape index (κ1) is 18.6. The summed E-state index contributed by atoms with van der Waals surface area (Å²) in [4.78, 5) is 0. The highest BCUT2D eigenvalue weighted by atomic mass is 35.5. The Morgan fingerprint density at radius 2 is 2.05 bits per heavy atom. The van der Waals surface area contributed by atoms with Crippen LogP contribution in [0.15, 0.2) is 18.2 Å². The summed E-state index contributed by atoms with van der Waals surface area (Å²) in [6.45, 7) is 8.89. The molecule has 0 aliphatic heterocycles. The molecule has 0 saturated heterocycles. The third-order valence-electron chi connectivity index (χ3n) is 2.53. The van der Waals surface area contributed by atoms with Crippen molar-refractivity contribution < 1.29 is 9.47 Å². The molecule has 0 heterocycles. The van der Waals surface area contributed by atoms with E-state index in [-0.39, 0.29) is 19.0 Å². The van der Waals surface area contributed by atoms with Gasteiger partial charge in [-0.05, 0) is 25.5 Å². The van der Waals surface area contributed by atoms with Gasteiger partial charge >= 0.3 is 0 Å². The Kier molecular flexibility index (Phi) is 9.71. The number of hydrogen-bond acceptors (Lipinski definition) is 3. The predicted molar refractivity (Wildman–Crippen MR) is 85.7 cm³/mol. The third-order valence-corrected chi connectivity index (χ3v) is 2.53. The van der Waals surface area contributed by atoms with Crippen molar-refractivity contribution in [3.8, 4) is 23.8 Å². The molecule has 1 aromatic rings. The summed E-state index contributed by atoms with van der Waals surface area (Å²) in [6.07, 6.45) is 5.26. The smallest absolute Gasteiger partial charge is 0.167 e. The van der Waals surface area contributed by atoms with Gasteiger partial charge in [-0.25, -0.2) is 0 Å². The van der Waals surface area contributed by atoms with Gasteiger partial charge in [-0.1, -0.05) is 31.9 Å². The number of rotatable bonds is 8. The molecule has 0 radical (unpaired) electrons. The summed E-state index contributed by atoms with van der Waals surface area (Å²) in [6, 6.07) is 5.91. The lowest BCUT2D eigenvalue weighted by Gasteiger charge is -2.15. The lowest BCUT2D eigenvalue weighted by molar-refractivity contribution is 0.296. The fourth-order valence-electron chi connectivity index (χ4n) is 1.74. The van der Waals surface area contributed by atoms with Gasteiger partial charge in [-0.2, -0.15) is 0 Å². The first-order valence-electron chi connectivity index (χ1n) is 6.70. The highest BCUT2D eigenvalue weighted by molar-refractivity contribution is 5.85. The Morgan fingerprint density at radius 1 is 1.30 bits per heavy atom. The van der Waals surface area contributed by atoms with Gasteiger partial charge in [0.2, 0.25) is 0 Å². The zero-order valence-corrected chi connectivity index (χ0v) is 13.3. The van der Waals surface area contributed by atoms with Crippen molar-refractivity contribution in [2.75, 3.05) is 19.8 Å². The van der Waals surface area contributed by atoms with E-state index in [1.54, 1.807) is 0 Å². The Hall–Kier alpha value is -1.37. The number of halogens is 1. The lowest BCUT2D eigenvalue weighted by Crippen LogP contribution is -2.19. The predicted octanol–water partition coefficient (Wildman–Crippen LogP) is 3.26. The molecule has 1 aromatic carbocycles. The van der Waals surface area contributed by atoms with E-state index in [0.717, 1.165) is 30.2 Å². The molecule has 4 heteroatoms. The highest BCUT2D eigenvalue weighted by Crippen LogP contribution is 2.31. The van der Waals surface area contributed by atoms with Crippen molar-refractivity contribution in [3.05, 3.63) is 23.8 Å². The van der Waals surface area contributed by atoms with E-state index < -0.39 is 0 Å².